The highest BCUT2D eigenvalue weighted by molar-refractivity contribution is 14.0. The van der Waals surface area contributed by atoms with Gasteiger partial charge in [0.2, 0.25) is 0 Å². The zero-order chi connectivity index (χ0) is 16.2. The van der Waals surface area contributed by atoms with E-state index in [0.29, 0.717) is 6.54 Å². The van der Waals surface area contributed by atoms with Gasteiger partial charge in [-0.2, -0.15) is 11.8 Å². The molecule has 1 unspecified atom stereocenters. The normalized spacial score (nSPS) is 12.3. The highest BCUT2D eigenvalue weighted by atomic mass is 127. The second-order valence-corrected chi connectivity index (χ2v) is 5.70. The molecule has 0 spiro atoms. The van der Waals surface area contributed by atoms with Crippen molar-refractivity contribution in [3.63, 3.8) is 0 Å². The van der Waals surface area contributed by atoms with Gasteiger partial charge in [-0.05, 0) is 31.7 Å². The minimum Gasteiger partial charge on any atom is -0.485 e. The lowest BCUT2D eigenvalue weighted by Crippen LogP contribution is -2.39. The van der Waals surface area contributed by atoms with Crippen molar-refractivity contribution in [3.05, 3.63) is 30.1 Å². The Bertz CT molecular complexity index is 463. The Morgan fingerprint density at radius 3 is 2.65 bits per heavy atom. The minimum absolute atomic E-state index is 0. The summed E-state index contributed by atoms with van der Waals surface area (Å²) in [6, 6.07) is 6.46. The molecule has 0 bridgehead atoms. The standard InChI is InChI=1S/C16H26FN3OS.HI/c1-4-13(21-15-9-7-6-8-14(15)17)12-20-16(18-5-2)19-10-11-22-3;/h6-9,13H,4-5,10-12H2,1-3H3,(H2,18,19,20);1H. The van der Waals surface area contributed by atoms with Crippen LogP contribution >= 0.6 is 35.7 Å². The lowest BCUT2D eigenvalue weighted by atomic mass is 10.2. The Labute approximate surface area is 160 Å². The van der Waals surface area contributed by atoms with Crippen molar-refractivity contribution in [2.45, 2.75) is 26.4 Å². The van der Waals surface area contributed by atoms with E-state index in [1.807, 2.05) is 13.8 Å². The number of halogens is 2. The number of ether oxygens (including phenoxy) is 1. The number of para-hydroxylation sites is 1. The average molecular weight is 455 g/mol. The molecule has 1 atom stereocenters. The Hall–Kier alpha value is -0.700. The number of hydrogen-bond acceptors (Lipinski definition) is 3. The zero-order valence-corrected chi connectivity index (χ0v) is 17.1. The lowest BCUT2D eigenvalue weighted by molar-refractivity contribution is 0.196. The first-order valence-electron chi connectivity index (χ1n) is 7.63. The van der Waals surface area contributed by atoms with Crippen LogP contribution in [0.4, 0.5) is 4.39 Å². The van der Waals surface area contributed by atoms with E-state index >= 15 is 0 Å². The first-order valence-corrected chi connectivity index (χ1v) is 9.02. The zero-order valence-electron chi connectivity index (χ0n) is 14.0. The van der Waals surface area contributed by atoms with Crippen molar-refractivity contribution in [2.24, 2.45) is 4.99 Å². The summed E-state index contributed by atoms with van der Waals surface area (Å²) >= 11 is 1.78. The van der Waals surface area contributed by atoms with E-state index in [4.69, 9.17) is 4.74 Å². The summed E-state index contributed by atoms with van der Waals surface area (Å²) in [5.74, 6) is 1.74. The first kappa shape index (κ1) is 22.3. The summed E-state index contributed by atoms with van der Waals surface area (Å²) < 4.78 is 19.3. The Morgan fingerprint density at radius 2 is 2.04 bits per heavy atom. The molecule has 2 N–H and O–H groups in total. The highest BCUT2D eigenvalue weighted by Crippen LogP contribution is 2.18. The highest BCUT2D eigenvalue weighted by Gasteiger charge is 2.11. The summed E-state index contributed by atoms with van der Waals surface area (Å²) in [7, 11) is 0. The largest absolute Gasteiger partial charge is 0.485 e. The van der Waals surface area contributed by atoms with Crippen LogP contribution in [0, 0.1) is 5.82 Å². The van der Waals surface area contributed by atoms with Crippen LogP contribution in [0.15, 0.2) is 29.3 Å². The molecular formula is C16H27FIN3OS. The maximum Gasteiger partial charge on any atom is 0.191 e. The first-order chi connectivity index (χ1) is 10.7. The van der Waals surface area contributed by atoms with Crippen molar-refractivity contribution in [1.29, 1.82) is 0 Å². The number of hydrogen-bond donors (Lipinski definition) is 2. The lowest BCUT2D eigenvalue weighted by Gasteiger charge is -2.17. The summed E-state index contributed by atoms with van der Waals surface area (Å²) in [5, 5.41) is 6.46. The topological polar surface area (TPSA) is 45.7 Å². The van der Waals surface area contributed by atoms with Crippen LogP contribution < -0.4 is 15.4 Å². The third kappa shape index (κ3) is 9.24. The number of aliphatic imine (C=N–C) groups is 1. The fourth-order valence-corrected chi connectivity index (χ4v) is 2.08. The van der Waals surface area contributed by atoms with Crippen molar-refractivity contribution in [3.8, 4) is 5.75 Å². The monoisotopic (exact) mass is 455 g/mol. The van der Waals surface area contributed by atoms with Crippen molar-refractivity contribution in [2.75, 3.05) is 31.6 Å². The molecule has 0 heterocycles. The Kier molecular flexibility index (Phi) is 13.3. The molecule has 0 radical (unpaired) electrons. The third-order valence-electron chi connectivity index (χ3n) is 2.98. The molecule has 132 valence electrons. The van der Waals surface area contributed by atoms with Crippen molar-refractivity contribution in [1.82, 2.24) is 10.6 Å². The van der Waals surface area contributed by atoms with Crippen LogP contribution in [0.1, 0.15) is 20.3 Å². The molecule has 4 nitrogen and oxygen atoms in total. The van der Waals surface area contributed by atoms with E-state index < -0.39 is 0 Å². The molecular weight excluding hydrogens is 428 g/mol. The van der Waals surface area contributed by atoms with E-state index in [1.54, 1.807) is 30.0 Å². The summed E-state index contributed by atoms with van der Waals surface area (Å²) in [4.78, 5) is 4.52. The minimum atomic E-state index is -0.338. The number of benzene rings is 1. The van der Waals surface area contributed by atoms with Crippen LogP contribution in [0.3, 0.4) is 0 Å². The number of rotatable bonds is 9. The van der Waals surface area contributed by atoms with Crippen molar-refractivity contribution >= 4 is 41.7 Å². The van der Waals surface area contributed by atoms with Crippen LogP contribution in [-0.4, -0.2) is 43.7 Å². The maximum atomic E-state index is 13.6. The average Bonchev–Trinajstić information content (AvgIpc) is 2.53. The molecule has 0 fully saturated rings. The van der Waals surface area contributed by atoms with Gasteiger partial charge in [0, 0.05) is 18.8 Å². The Balaban J connectivity index is 0.00000484. The quantitative estimate of drug-likeness (QED) is 0.259. The van der Waals surface area contributed by atoms with Gasteiger partial charge in [-0.1, -0.05) is 19.1 Å². The number of guanidine groups is 1. The van der Waals surface area contributed by atoms with E-state index in [0.717, 1.165) is 31.2 Å². The van der Waals surface area contributed by atoms with E-state index in [9.17, 15) is 4.39 Å². The third-order valence-corrected chi connectivity index (χ3v) is 3.59. The van der Waals surface area contributed by atoms with Gasteiger partial charge in [-0.15, -0.1) is 24.0 Å². The Morgan fingerprint density at radius 1 is 1.30 bits per heavy atom. The molecule has 1 aromatic carbocycles. The van der Waals surface area contributed by atoms with Crippen LogP contribution in [0.5, 0.6) is 5.75 Å². The van der Waals surface area contributed by atoms with Gasteiger partial charge < -0.3 is 15.4 Å². The van der Waals surface area contributed by atoms with Crippen LogP contribution in [-0.2, 0) is 0 Å². The van der Waals surface area contributed by atoms with Gasteiger partial charge >= 0.3 is 0 Å². The van der Waals surface area contributed by atoms with Crippen LogP contribution in [0.25, 0.3) is 0 Å². The summed E-state index contributed by atoms with van der Waals surface area (Å²) in [6.45, 7) is 6.18. The molecule has 1 rings (SSSR count). The molecule has 0 aliphatic rings. The SMILES string of the molecule is CCNC(=NCC(CC)Oc1ccccc1F)NCCSC.I. The van der Waals surface area contributed by atoms with Crippen LogP contribution in [0.2, 0.25) is 0 Å². The second-order valence-electron chi connectivity index (χ2n) is 4.72. The van der Waals surface area contributed by atoms with Gasteiger partial charge in [0.15, 0.2) is 17.5 Å². The molecule has 0 saturated carbocycles. The van der Waals surface area contributed by atoms with Gasteiger partial charge in [-0.25, -0.2) is 9.38 Å². The molecule has 7 heteroatoms. The molecule has 0 saturated heterocycles. The maximum absolute atomic E-state index is 13.6. The van der Waals surface area contributed by atoms with Gasteiger partial charge in [0.25, 0.3) is 0 Å². The predicted octanol–water partition coefficient (Wildman–Crippen LogP) is 3.52. The van der Waals surface area contributed by atoms with Gasteiger partial charge in [0.1, 0.15) is 6.10 Å². The van der Waals surface area contributed by atoms with E-state index in [-0.39, 0.29) is 41.6 Å². The van der Waals surface area contributed by atoms with E-state index in [1.165, 1.54) is 6.07 Å². The van der Waals surface area contributed by atoms with E-state index in [2.05, 4.69) is 21.9 Å². The number of thioether (sulfide) groups is 1. The fourth-order valence-electron chi connectivity index (χ4n) is 1.78. The molecule has 1 aromatic rings. The smallest absolute Gasteiger partial charge is 0.191 e. The number of nitrogens with zero attached hydrogens (tertiary/aromatic N) is 1. The number of nitrogens with one attached hydrogen (secondary N) is 2. The molecule has 0 aliphatic carbocycles. The molecule has 23 heavy (non-hydrogen) atoms. The fraction of sp³-hybridized carbons (Fsp3) is 0.562. The molecule has 0 amide bonds. The van der Waals surface area contributed by atoms with Gasteiger partial charge in [0.05, 0.1) is 6.54 Å². The predicted molar refractivity (Wildman–Crippen MR) is 109 cm³/mol. The summed E-state index contributed by atoms with van der Waals surface area (Å²) in [5.41, 5.74) is 0. The second kappa shape index (κ2) is 13.7. The summed E-state index contributed by atoms with van der Waals surface area (Å²) in [6.07, 6.45) is 2.69. The van der Waals surface area contributed by atoms with Crippen molar-refractivity contribution < 1.29 is 9.13 Å². The molecule has 0 aliphatic heterocycles. The van der Waals surface area contributed by atoms with Gasteiger partial charge in [-0.3, -0.25) is 0 Å². The molecule has 0 aromatic heterocycles.